The highest BCUT2D eigenvalue weighted by atomic mass is 32.2. The molecule has 2 aromatic rings. The molecule has 5 atom stereocenters. The molecule has 41 heavy (non-hydrogen) atoms. The topological polar surface area (TPSA) is 132 Å². The number of hydrogen-bond donors (Lipinski definition) is 0. The zero-order valence-corrected chi connectivity index (χ0v) is 25.1. The Morgan fingerprint density at radius 3 is 2.10 bits per heavy atom. The zero-order valence-electron chi connectivity index (χ0n) is 24.3. The fourth-order valence-electron chi connectivity index (χ4n) is 4.80. The van der Waals surface area contributed by atoms with Crippen molar-refractivity contribution in [2.45, 2.75) is 115 Å². The normalized spacial score (nSPS) is 22.2. The molecule has 11 nitrogen and oxygen atoms in total. The van der Waals surface area contributed by atoms with Crippen molar-refractivity contribution >= 4 is 46.7 Å². The maximum Gasteiger partial charge on any atom is 0.303 e. The van der Waals surface area contributed by atoms with E-state index in [0.717, 1.165) is 36.8 Å². The molecule has 1 aliphatic rings. The molecular weight excluding hydrogens is 552 g/mol. The van der Waals surface area contributed by atoms with Gasteiger partial charge in [-0.25, -0.2) is 4.98 Å². The molecule has 1 fully saturated rings. The van der Waals surface area contributed by atoms with Gasteiger partial charge in [-0.1, -0.05) is 62.9 Å². The maximum atomic E-state index is 12.2. The molecule has 226 valence electrons. The first-order valence-electron chi connectivity index (χ1n) is 14.0. The van der Waals surface area contributed by atoms with Crippen LogP contribution in [0.5, 0.6) is 0 Å². The van der Waals surface area contributed by atoms with Gasteiger partial charge in [0.2, 0.25) is 0 Å². The van der Waals surface area contributed by atoms with Crippen molar-refractivity contribution in [1.82, 2.24) is 9.55 Å². The van der Waals surface area contributed by atoms with Crippen molar-refractivity contribution in [1.29, 1.82) is 0 Å². The number of ether oxygens (including phenoxy) is 5. The lowest BCUT2D eigenvalue weighted by Gasteiger charge is -2.44. The predicted octanol–water partition coefficient (Wildman–Crippen LogP) is 4.57. The Morgan fingerprint density at radius 2 is 1.44 bits per heavy atom. The lowest BCUT2D eigenvalue weighted by molar-refractivity contribution is -0.237. The minimum Gasteiger partial charge on any atom is -0.463 e. The number of rotatable bonds is 14. The summed E-state index contributed by atoms with van der Waals surface area (Å²) in [5.74, 6) is -2.54. The smallest absolute Gasteiger partial charge is 0.303 e. The van der Waals surface area contributed by atoms with Gasteiger partial charge in [0.1, 0.15) is 12.7 Å². The van der Waals surface area contributed by atoms with E-state index in [-0.39, 0.29) is 6.61 Å². The predicted molar refractivity (Wildman–Crippen MR) is 151 cm³/mol. The lowest BCUT2D eigenvalue weighted by atomic mass is 9.99. The number of imidazole rings is 1. The highest BCUT2D eigenvalue weighted by Gasteiger charge is 2.52. The molecule has 12 heteroatoms. The number of carbonyl (C=O) groups excluding carboxylic acids is 4. The van der Waals surface area contributed by atoms with E-state index in [1.165, 1.54) is 58.7 Å². The largest absolute Gasteiger partial charge is 0.463 e. The molecular formula is C29H40N2O9S. The summed E-state index contributed by atoms with van der Waals surface area (Å²) in [5, 5.41) is 0.626. The molecule has 0 amide bonds. The van der Waals surface area contributed by atoms with Gasteiger partial charge in [-0.3, -0.25) is 19.2 Å². The van der Waals surface area contributed by atoms with Crippen molar-refractivity contribution in [2.75, 3.05) is 6.61 Å². The maximum absolute atomic E-state index is 12.2. The van der Waals surface area contributed by atoms with Gasteiger partial charge in [0.05, 0.1) is 11.0 Å². The highest BCUT2D eigenvalue weighted by Crippen LogP contribution is 2.38. The van der Waals surface area contributed by atoms with Gasteiger partial charge in [0, 0.05) is 34.2 Å². The second-order valence-electron chi connectivity index (χ2n) is 9.99. The lowest BCUT2D eigenvalue weighted by Crippen LogP contribution is -2.61. The highest BCUT2D eigenvalue weighted by molar-refractivity contribution is 7.99. The van der Waals surface area contributed by atoms with Crippen LogP contribution in [0.25, 0.3) is 11.0 Å². The van der Waals surface area contributed by atoms with E-state index in [2.05, 4.69) is 11.5 Å². The number of hydrogen-bond acceptors (Lipinski definition) is 11. The number of nitrogens with zero attached hydrogens (tertiary/aromatic N) is 2. The molecule has 1 aromatic heterocycles. The van der Waals surface area contributed by atoms with Gasteiger partial charge >= 0.3 is 23.9 Å². The summed E-state index contributed by atoms with van der Waals surface area (Å²) in [6.07, 6.45) is 2.22. The summed E-state index contributed by atoms with van der Waals surface area (Å²) >= 11 is 1.21. The molecule has 0 aliphatic carbocycles. The summed E-state index contributed by atoms with van der Waals surface area (Å²) in [6.45, 7) is 7.50. The van der Waals surface area contributed by atoms with Crippen LogP contribution in [0.1, 0.15) is 73.1 Å². The van der Waals surface area contributed by atoms with Crippen LogP contribution in [-0.4, -0.2) is 69.9 Å². The van der Waals surface area contributed by atoms with E-state index in [0.29, 0.717) is 5.16 Å². The van der Waals surface area contributed by atoms with Gasteiger partial charge in [0.25, 0.3) is 0 Å². The Hall–Kier alpha value is -3.12. The van der Waals surface area contributed by atoms with Crippen LogP contribution >= 0.6 is 11.8 Å². The number of benzene rings is 1. The van der Waals surface area contributed by atoms with Crippen LogP contribution < -0.4 is 0 Å². The van der Waals surface area contributed by atoms with Crippen LogP contribution in [0, 0.1) is 0 Å². The minimum absolute atomic E-state index is 0.275. The van der Waals surface area contributed by atoms with E-state index in [9.17, 15) is 19.2 Å². The second-order valence-corrected chi connectivity index (χ2v) is 11.1. The Bertz CT molecular complexity index is 1200. The Labute approximate surface area is 244 Å². The van der Waals surface area contributed by atoms with E-state index in [1.807, 2.05) is 24.3 Å². The minimum atomic E-state index is -1.22. The van der Waals surface area contributed by atoms with Crippen molar-refractivity contribution < 1.29 is 42.9 Å². The number of carbonyl (C=O) groups is 4. The van der Waals surface area contributed by atoms with Gasteiger partial charge in [0.15, 0.2) is 28.9 Å². The standard InChI is InChI=1S/C29H40N2O9S/c1-6-7-8-9-10-13-16-31-23-15-12-11-14-22(23)30-29(31)41-28-27(39-21(5)35)26(38-20(4)34)25(37-19(3)33)24(40-28)17-36-18(2)32/h11-12,14-15,24-28H,6-10,13,16-17H2,1-5H3. The first kappa shape index (κ1) is 32.4. The van der Waals surface area contributed by atoms with Gasteiger partial charge in [-0.15, -0.1) is 0 Å². The first-order chi connectivity index (χ1) is 19.6. The van der Waals surface area contributed by atoms with Crippen molar-refractivity contribution in [3.8, 4) is 0 Å². The first-order valence-corrected chi connectivity index (χ1v) is 14.9. The molecule has 1 aromatic carbocycles. The number of unbranched alkanes of at least 4 members (excludes halogenated alkanes) is 5. The molecule has 0 N–H and O–H groups in total. The monoisotopic (exact) mass is 592 g/mol. The molecule has 1 saturated heterocycles. The fourth-order valence-corrected chi connectivity index (χ4v) is 6.02. The summed E-state index contributed by atoms with van der Waals surface area (Å²) in [5.41, 5.74) is 0.816. The Morgan fingerprint density at radius 1 is 0.829 bits per heavy atom. The third-order valence-corrected chi connectivity index (χ3v) is 7.66. The zero-order chi connectivity index (χ0) is 29.9. The van der Waals surface area contributed by atoms with E-state index < -0.39 is 53.7 Å². The summed E-state index contributed by atoms with van der Waals surface area (Å²) in [4.78, 5) is 52.8. The van der Waals surface area contributed by atoms with E-state index in [1.54, 1.807) is 0 Å². The molecule has 5 unspecified atom stereocenters. The molecule has 3 rings (SSSR count). The SMILES string of the molecule is CCCCCCCCn1c(SC2OC(COC(C)=O)C(OC(C)=O)C(OC(C)=O)C2OC(C)=O)nc2ccccc21. The number of aryl methyl sites for hydroxylation is 1. The van der Waals surface area contributed by atoms with Gasteiger partial charge in [-0.2, -0.15) is 0 Å². The van der Waals surface area contributed by atoms with Crippen LogP contribution in [0.15, 0.2) is 29.4 Å². The number of thioether (sulfide) groups is 1. The van der Waals surface area contributed by atoms with Crippen molar-refractivity contribution in [2.24, 2.45) is 0 Å². The number of aromatic nitrogens is 2. The third-order valence-electron chi connectivity index (χ3n) is 6.52. The van der Waals surface area contributed by atoms with Crippen LogP contribution in [0.3, 0.4) is 0 Å². The average Bonchev–Trinajstić information content (AvgIpc) is 3.24. The van der Waals surface area contributed by atoms with Crippen molar-refractivity contribution in [3.63, 3.8) is 0 Å². The van der Waals surface area contributed by atoms with E-state index >= 15 is 0 Å². The quantitative estimate of drug-likeness (QED) is 0.174. The Kier molecular flexibility index (Phi) is 12.5. The van der Waals surface area contributed by atoms with E-state index in [4.69, 9.17) is 28.7 Å². The molecule has 0 saturated carbocycles. The molecule has 0 spiro atoms. The molecule has 0 bridgehead atoms. The average molecular weight is 593 g/mol. The molecule has 1 aliphatic heterocycles. The Balaban J connectivity index is 1.97. The summed E-state index contributed by atoms with van der Waals surface area (Å²) in [7, 11) is 0. The van der Waals surface area contributed by atoms with Crippen LogP contribution in [-0.2, 0) is 49.4 Å². The number of esters is 4. The summed E-state index contributed by atoms with van der Waals surface area (Å²) in [6, 6.07) is 7.78. The molecule has 2 heterocycles. The number of fused-ring (bicyclic) bond motifs is 1. The van der Waals surface area contributed by atoms with Gasteiger partial charge in [-0.05, 0) is 18.6 Å². The third kappa shape index (κ3) is 9.46. The summed E-state index contributed by atoms with van der Waals surface area (Å²) < 4.78 is 30.3. The van der Waals surface area contributed by atoms with Crippen LogP contribution in [0.2, 0.25) is 0 Å². The van der Waals surface area contributed by atoms with Gasteiger partial charge < -0.3 is 28.3 Å². The second kappa shape index (κ2) is 15.8. The van der Waals surface area contributed by atoms with Crippen molar-refractivity contribution in [3.05, 3.63) is 24.3 Å². The number of para-hydroxylation sites is 2. The fraction of sp³-hybridized carbons (Fsp3) is 0.621. The molecule has 0 radical (unpaired) electrons. The van der Waals surface area contributed by atoms with Crippen LogP contribution in [0.4, 0.5) is 0 Å².